The van der Waals surface area contributed by atoms with Gasteiger partial charge >= 0.3 is 6.09 Å². The van der Waals surface area contributed by atoms with Crippen molar-refractivity contribution in [2.24, 2.45) is 0 Å². The van der Waals surface area contributed by atoms with Gasteiger partial charge in [-0.15, -0.1) is 0 Å². The van der Waals surface area contributed by atoms with Gasteiger partial charge < -0.3 is 10.1 Å². The molecule has 0 aliphatic carbocycles. The molecule has 1 saturated heterocycles. The summed E-state index contributed by atoms with van der Waals surface area (Å²) in [5.41, 5.74) is 2.74. The number of benzene rings is 3. The van der Waals surface area contributed by atoms with E-state index in [1.165, 1.54) is 11.8 Å². The molecule has 1 N–H and O–H groups in total. The molecule has 0 bridgehead atoms. The molecule has 7 heteroatoms. The largest absolute Gasteiger partial charge is 0.447 e. The van der Waals surface area contributed by atoms with E-state index in [1.807, 2.05) is 60.7 Å². The molecule has 154 valence electrons. The fourth-order valence-electron chi connectivity index (χ4n) is 3.25. The molecule has 0 spiro atoms. The average molecular weight is 430 g/mol. The van der Waals surface area contributed by atoms with E-state index in [4.69, 9.17) is 4.74 Å². The van der Waals surface area contributed by atoms with Crippen molar-refractivity contribution in [3.63, 3.8) is 0 Å². The molecule has 1 heterocycles. The number of ether oxygens (including phenoxy) is 1. The van der Waals surface area contributed by atoms with Crippen molar-refractivity contribution in [1.82, 2.24) is 5.32 Å². The number of hydrogen-bond donors (Lipinski definition) is 1. The Hall–Kier alpha value is -3.76. The van der Waals surface area contributed by atoms with Gasteiger partial charge in [0.25, 0.3) is 5.91 Å². The Bertz CT molecular complexity index is 1170. The Morgan fingerprint density at radius 3 is 2.61 bits per heavy atom. The standard InChI is InChI=1S/C24H19N3O3S/c25-15-18-7-1-3-10-21(18)31-22-11-4-2-9-20(22)23(28)26-16-17-6-5-8-19(14-17)27-12-13-30-24(27)29/h1-11,14H,12-13,16H2,(H,26,28). The maximum absolute atomic E-state index is 12.9. The van der Waals surface area contributed by atoms with Crippen LogP contribution in [0.1, 0.15) is 21.5 Å². The van der Waals surface area contributed by atoms with Crippen molar-refractivity contribution in [3.8, 4) is 6.07 Å². The molecule has 3 aromatic rings. The van der Waals surface area contributed by atoms with Gasteiger partial charge in [-0.2, -0.15) is 5.26 Å². The Morgan fingerprint density at radius 2 is 1.84 bits per heavy atom. The third-order valence-electron chi connectivity index (χ3n) is 4.80. The van der Waals surface area contributed by atoms with Crippen LogP contribution >= 0.6 is 11.8 Å². The summed E-state index contributed by atoms with van der Waals surface area (Å²) in [6.07, 6.45) is -0.357. The third kappa shape index (κ3) is 4.71. The molecule has 6 nitrogen and oxygen atoms in total. The van der Waals surface area contributed by atoms with Gasteiger partial charge in [-0.1, -0.05) is 48.2 Å². The summed E-state index contributed by atoms with van der Waals surface area (Å²) in [7, 11) is 0. The van der Waals surface area contributed by atoms with E-state index in [0.717, 1.165) is 21.0 Å². The molecule has 3 aromatic carbocycles. The Balaban J connectivity index is 1.48. The van der Waals surface area contributed by atoms with E-state index in [-0.39, 0.29) is 12.0 Å². The zero-order valence-electron chi connectivity index (χ0n) is 16.6. The van der Waals surface area contributed by atoms with Crippen LogP contribution in [0.4, 0.5) is 10.5 Å². The number of carbonyl (C=O) groups excluding carboxylic acids is 2. The van der Waals surface area contributed by atoms with Crippen LogP contribution in [0.15, 0.2) is 82.6 Å². The number of amides is 2. The van der Waals surface area contributed by atoms with Crippen LogP contribution in [0.2, 0.25) is 0 Å². The number of nitrogens with one attached hydrogen (secondary N) is 1. The molecule has 0 radical (unpaired) electrons. The number of carbonyl (C=O) groups is 2. The highest BCUT2D eigenvalue weighted by Crippen LogP contribution is 2.32. The first-order valence-electron chi connectivity index (χ1n) is 9.73. The van der Waals surface area contributed by atoms with E-state index in [2.05, 4.69) is 11.4 Å². The number of cyclic esters (lactones) is 1. The van der Waals surface area contributed by atoms with Crippen LogP contribution in [0.5, 0.6) is 0 Å². The van der Waals surface area contributed by atoms with Crippen molar-refractivity contribution in [1.29, 1.82) is 5.26 Å². The van der Waals surface area contributed by atoms with Crippen LogP contribution in [0.25, 0.3) is 0 Å². The van der Waals surface area contributed by atoms with Crippen molar-refractivity contribution in [3.05, 3.63) is 89.5 Å². The first-order valence-corrected chi connectivity index (χ1v) is 10.5. The second-order valence-electron chi connectivity index (χ2n) is 6.82. The third-order valence-corrected chi connectivity index (χ3v) is 5.95. The van der Waals surface area contributed by atoms with Gasteiger partial charge in [0.2, 0.25) is 0 Å². The smallest absolute Gasteiger partial charge is 0.414 e. The van der Waals surface area contributed by atoms with Crippen molar-refractivity contribution in [2.45, 2.75) is 16.3 Å². The van der Waals surface area contributed by atoms with E-state index < -0.39 is 0 Å². The lowest BCUT2D eigenvalue weighted by Crippen LogP contribution is -2.25. The molecular weight excluding hydrogens is 410 g/mol. The summed E-state index contributed by atoms with van der Waals surface area (Å²) in [6.45, 7) is 1.22. The molecule has 0 aromatic heterocycles. The topological polar surface area (TPSA) is 82.4 Å². The maximum atomic E-state index is 12.9. The molecule has 0 atom stereocenters. The monoisotopic (exact) mass is 429 g/mol. The summed E-state index contributed by atoms with van der Waals surface area (Å²) >= 11 is 1.39. The van der Waals surface area contributed by atoms with Crippen LogP contribution in [-0.2, 0) is 11.3 Å². The van der Waals surface area contributed by atoms with Crippen LogP contribution in [0, 0.1) is 11.3 Å². The minimum Gasteiger partial charge on any atom is -0.447 e. The van der Waals surface area contributed by atoms with E-state index in [1.54, 1.807) is 17.0 Å². The Kier molecular flexibility index (Phi) is 6.20. The quantitative estimate of drug-likeness (QED) is 0.619. The molecule has 31 heavy (non-hydrogen) atoms. The van der Waals surface area contributed by atoms with E-state index in [0.29, 0.717) is 30.8 Å². The molecule has 1 aliphatic rings. The molecule has 0 saturated carbocycles. The van der Waals surface area contributed by atoms with Gasteiger partial charge in [-0.3, -0.25) is 9.69 Å². The van der Waals surface area contributed by atoms with Gasteiger partial charge in [-0.05, 0) is 42.0 Å². The van der Waals surface area contributed by atoms with E-state index in [9.17, 15) is 14.9 Å². The SMILES string of the molecule is N#Cc1ccccc1Sc1ccccc1C(=O)NCc1cccc(N2CCOC2=O)c1. The predicted molar refractivity (Wildman–Crippen MR) is 118 cm³/mol. The average Bonchev–Trinajstić information content (AvgIpc) is 3.24. The predicted octanol–water partition coefficient (Wildman–Crippen LogP) is 4.60. The van der Waals surface area contributed by atoms with E-state index >= 15 is 0 Å². The van der Waals surface area contributed by atoms with Crippen molar-refractivity contribution < 1.29 is 14.3 Å². The fraction of sp³-hybridized carbons (Fsp3) is 0.125. The highest BCUT2D eigenvalue weighted by molar-refractivity contribution is 7.99. The normalized spacial score (nSPS) is 12.9. The number of anilines is 1. The molecule has 1 fully saturated rings. The molecular formula is C24H19N3O3S. The molecule has 1 aliphatic heterocycles. The molecule has 4 rings (SSSR count). The zero-order valence-corrected chi connectivity index (χ0v) is 17.4. The second-order valence-corrected chi connectivity index (χ2v) is 7.91. The number of nitriles is 1. The van der Waals surface area contributed by atoms with Crippen molar-refractivity contribution >= 4 is 29.4 Å². The summed E-state index contributed by atoms with van der Waals surface area (Å²) < 4.78 is 4.99. The number of hydrogen-bond acceptors (Lipinski definition) is 5. The summed E-state index contributed by atoms with van der Waals surface area (Å²) in [5.74, 6) is -0.205. The van der Waals surface area contributed by atoms with Gasteiger partial charge in [0.15, 0.2) is 0 Å². The molecule has 2 amide bonds. The Morgan fingerprint density at radius 1 is 1.06 bits per heavy atom. The second kappa shape index (κ2) is 9.37. The lowest BCUT2D eigenvalue weighted by atomic mass is 10.1. The summed E-state index contributed by atoms with van der Waals surface area (Å²) in [5, 5.41) is 12.3. The lowest BCUT2D eigenvalue weighted by Gasteiger charge is -2.14. The first kappa shape index (κ1) is 20.5. The van der Waals surface area contributed by atoms with Crippen molar-refractivity contribution in [2.75, 3.05) is 18.1 Å². The van der Waals surface area contributed by atoms with Crippen LogP contribution < -0.4 is 10.2 Å². The van der Waals surface area contributed by atoms with Gasteiger partial charge in [-0.25, -0.2) is 4.79 Å². The van der Waals surface area contributed by atoms with Gasteiger partial charge in [0, 0.05) is 22.0 Å². The van der Waals surface area contributed by atoms with Crippen LogP contribution in [-0.4, -0.2) is 25.2 Å². The minimum absolute atomic E-state index is 0.205. The maximum Gasteiger partial charge on any atom is 0.414 e. The zero-order chi connectivity index (χ0) is 21.6. The Labute approximate surface area is 184 Å². The van der Waals surface area contributed by atoms with Crippen LogP contribution in [0.3, 0.4) is 0 Å². The summed E-state index contributed by atoms with van der Waals surface area (Å²) in [6, 6.07) is 24.3. The minimum atomic E-state index is -0.357. The highest BCUT2D eigenvalue weighted by atomic mass is 32.2. The highest BCUT2D eigenvalue weighted by Gasteiger charge is 2.23. The number of rotatable bonds is 6. The first-order chi connectivity index (χ1) is 15.2. The van der Waals surface area contributed by atoms with Gasteiger partial charge in [0.1, 0.15) is 12.7 Å². The molecule has 0 unspecified atom stereocenters. The lowest BCUT2D eigenvalue weighted by molar-refractivity contribution is 0.0948. The summed E-state index contributed by atoms with van der Waals surface area (Å²) in [4.78, 5) is 27.8. The van der Waals surface area contributed by atoms with Gasteiger partial charge in [0.05, 0.1) is 17.7 Å². The number of nitrogens with zero attached hydrogens (tertiary/aromatic N) is 2. The fourth-order valence-corrected chi connectivity index (χ4v) is 4.27.